The average molecular weight is 332 g/mol. The molecule has 114 valence electrons. The number of aryl methyl sites for hydroxylation is 1. The first-order valence-electron chi connectivity index (χ1n) is 6.89. The van der Waals surface area contributed by atoms with Gasteiger partial charge in [-0.3, -0.25) is 10.00 Å². The molecule has 0 spiro atoms. The van der Waals surface area contributed by atoms with Crippen molar-refractivity contribution in [2.45, 2.75) is 13.5 Å². The minimum absolute atomic E-state index is 0.189. The number of nitrogens with one attached hydrogen (secondary N) is 2. The fourth-order valence-corrected chi connectivity index (χ4v) is 3.36. The predicted octanol–water partition coefficient (Wildman–Crippen LogP) is 3.80. The zero-order chi connectivity index (χ0) is 15.4. The van der Waals surface area contributed by atoms with E-state index < -0.39 is 0 Å². The largest absolute Gasteiger partial charge is 0.336 e. The number of urea groups is 1. The van der Waals surface area contributed by atoms with E-state index in [1.54, 1.807) is 11.3 Å². The number of aromatic nitrogens is 2. The van der Waals surface area contributed by atoms with Crippen LogP contribution in [0.2, 0.25) is 0 Å². The van der Waals surface area contributed by atoms with Crippen LogP contribution in [-0.2, 0) is 6.54 Å². The Balaban J connectivity index is 1.52. The van der Waals surface area contributed by atoms with Crippen molar-refractivity contribution in [3.63, 3.8) is 0 Å². The van der Waals surface area contributed by atoms with Gasteiger partial charge < -0.3 is 5.32 Å². The fraction of sp³-hybridized carbons (Fsp3) is 0.200. The maximum absolute atomic E-state index is 11.7. The molecule has 0 aliphatic carbocycles. The van der Waals surface area contributed by atoms with E-state index in [0.717, 1.165) is 21.3 Å². The van der Waals surface area contributed by atoms with Crippen LogP contribution in [0.25, 0.3) is 10.6 Å². The topological polar surface area (TPSA) is 59.0 Å². The van der Waals surface area contributed by atoms with Crippen LogP contribution in [0.15, 0.2) is 41.1 Å². The third-order valence-electron chi connectivity index (χ3n) is 3.12. The third-order valence-corrected chi connectivity index (χ3v) is 4.80. The second kappa shape index (κ2) is 6.76. The van der Waals surface area contributed by atoms with Crippen molar-refractivity contribution in [1.82, 2.24) is 15.1 Å². The molecule has 0 bridgehead atoms. The molecule has 0 atom stereocenters. The molecule has 3 aromatic heterocycles. The van der Waals surface area contributed by atoms with Crippen molar-refractivity contribution in [2.75, 3.05) is 11.9 Å². The lowest BCUT2D eigenvalue weighted by atomic mass is 10.3. The normalized spacial score (nSPS) is 10.6. The molecule has 7 heteroatoms. The van der Waals surface area contributed by atoms with Gasteiger partial charge in [-0.15, -0.1) is 22.7 Å². The molecule has 0 unspecified atom stereocenters. The van der Waals surface area contributed by atoms with Gasteiger partial charge in [-0.25, -0.2) is 4.79 Å². The van der Waals surface area contributed by atoms with Crippen molar-refractivity contribution in [3.8, 4) is 10.6 Å². The SMILES string of the molecule is Cc1cc(-c2cccs2)nn1CCNC(=O)Nc1cccs1. The average Bonchev–Trinajstić information content (AvgIpc) is 3.21. The molecule has 3 aromatic rings. The number of hydrogen-bond donors (Lipinski definition) is 2. The Morgan fingerprint density at radius 2 is 2.09 bits per heavy atom. The molecule has 0 fully saturated rings. The van der Waals surface area contributed by atoms with E-state index in [2.05, 4.69) is 27.9 Å². The summed E-state index contributed by atoms with van der Waals surface area (Å²) in [5.74, 6) is 0. The van der Waals surface area contributed by atoms with Gasteiger partial charge in [0.1, 0.15) is 5.69 Å². The highest BCUT2D eigenvalue weighted by Crippen LogP contribution is 2.23. The highest BCUT2D eigenvalue weighted by atomic mass is 32.1. The summed E-state index contributed by atoms with van der Waals surface area (Å²) in [7, 11) is 0. The molecule has 3 rings (SSSR count). The molecule has 0 radical (unpaired) electrons. The van der Waals surface area contributed by atoms with Crippen molar-refractivity contribution in [1.29, 1.82) is 0 Å². The molecular weight excluding hydrogens is 316 g/mol. The zero-order valence-electron chi connectivity index (χ0n) is 12.1. The molecule has 3 heterocycles. The number of anilines is 1. The standard InChI is InChI=1S/C15H16N4OS2/c1-11-10-12(13-4-2-8-21-13)18-19(11)7-6-16-15(20)17-14-5-3-9-22-14/h2-5,8-10H,6-7H2,1H3,(H2,16,17,20). The second-order valence-electron chi connectivity index (χ2n) is 4.73. The Morgan fingerprint density at radius 1 is 1.27 bits per heavy atom. The lowest BCUT2D eigenvalue weighted by Gasteiger charge is -2.07. The highest BCUT2D eigenvalue weighted by molar-refractivity contribution is 7.14. The number of thiophene rings is 2. The number of rotatable bonds is 5. The summed E-state index contributed by atoms with van der Waals surface area (Å²) in [6.45, 7) is 3.20. The van der Waals surface area contributed by atoms with Crippen molar-refractivity contribution >= 4 is 33.7 Å². The highest BCUT2D eigenvalue weighted by Gasteiger charge is 2.08. The van der Waals surface area contributed by atoms with Gasteiger partial charge in [0.15, 0.2) is 0 Å². The Labute approximate surface area is 136 Å². The Kier molecular flexibility index (Phi) is 4.55. The molecule has 0 saturated heterocycles. The molecule has 2 amide bonds. The van der Waals surface area contributed by atoms with Gasteiger partial charge in [0.2, 0.25) is 0 Å². The number of carbonyl (C=O) groups is 1. The van der Waals surface area contributed by atoms with Crippen molar-refractivity contribution in [2.24, 2.45) is 0 Å². The number of carbonyl (C=O) groups excluding carboxylic acids is 1. The van der Waals surface area contributed by atoms with Gasteiger partial charge in [0.05, 0.1) is 16.4 Å². The van der Waals surface area contributed by atoms with Crippen LogP contribution in [0.3, 0.4) is 0 Å². The van der Waals surface area contributed by atoms with Gasteiger partial charge in [-0.2, -0.15) is 5.10 Å². The number of nitrogens with zero attached hydrogens (tertiary/aromatic N) is 2. The van der Waals surface area contributed by atoms with Crippen LogP contribution in [0.1, 0.15) is 5.69 Å². The molecule has 5 nitrogen and oxygen atoms in total. The van der Waals surface area contributed by atoms with E-state index >= 15 is 0 Å². The van der Waals surface area contributed by atoms with Gasteiger partial charge in [-0.05, 0) is 41.9 Å². The van der Waals surface area contributed by atoms with Crippen molar-refractivity contribution < 1.29 is 4.79 Å². The Hall–Kier alpha value is -2.12. The van der Waals surface area contributed by atoms with Gasteiger partial charge >= 0.3 is 6.03 Å². The molecule has 0 aromatic carbocycles. The summed E-state index contributed by atoms with van der Waals surface area (Å²) < 4.78 is 1.92. The van der Waals surface area contributed by atoms with E-state index in [-0.39, 0.29) is 6.03 Å². The van der Waals surface area contributed by atoms with Crippen LogP contribution in [0, 0.1) is 6.92 Å². The van der Waals surface area contributed by atoms with Crippen LogP contribution in [-0.4, -0.2) is 22.4 Å². The Morgan fingerprint density at radius 3 is 2.82 bits per heavy atom. The lowest BCUT2D eigenvalue weighted by Crippen LogP contribution is -2.31. The van der Waals surface area contributed by atoms with Crippen LogP contribution in [0.5, 0.6) is 0 Å². The van der Waals surface area contributed by atoms with E-state index in [1.165, 1.54) is 11.3 Å². The monoisotopic (exact) mass is 332 g/mol. The summed E-state index contributed by atoms with van der Waals surface area (Å²) in [5, 5.41) is 15.0. The lowest BCUT2D eigenvalue weighted by molar-refractivity contribution is 0.251. The van der Waals surface area contributed by atoms with E-state index in [4.69, 9.17) is 0 Å². The maximum atomic E-state index is 11.7. The first-order chi connectivity index (χ1) is 10.7. The van der Waals surface area contributed by atoms with Gasteiger partial charge in [0, 0.05) is 12.2 Å². The molecular formula is C15H16N4OS2. The molecule has 2 N–H and O–H groups in total. The molecule has 0 aliphatic heterocycles. The summed E-state index contributed by atoms with van der Waals surface area (Å²) in [5.41, 5.74) is 2.07. The van der Waals surface area contributed by atoms with Crippen LogP contribution >= 0.6 is 22.7 Å². The summed E-state index contributed by atoms with van der Waals surface area (Å²) in [6.07, 6.45) is 0. The number of amides is 2. The quantitative estimate of drug-likeness (QED) is 0.746. The minimum atomic E-state index is -0.189. The van der Waals surface area contributed by atoms with Crippen LogP contribution < -0.4 is 10.6 Å². The fourth-order valence-electron chi connectivity index (χ4n) is 2.06. The summed E-state index contributed by atoms with van der Waals surface area (Å²) in [6, 6.07) is 9.73. The zero-order valence-corrected chi connectivity index (χ0v) is 13.7. The first-order valence-corrected chi connectivity index (χ1v) is 8.65. The van der Waals surface area contributed by atoms with Crippen LogP contribution in [0.4, 0.5) is 9.80 Å². The van der Waals surface area contributed by atoms with Gasteiger partial charge in [-0.1, -0.05) is 6.07 Å². The second-order valence-corrected chi connectivity index (χ2v) is 6.62. The maximum Gasteiger partial charge on any atom is 0.319 e. The summed E-state index contributed by atoms with van der Waals surface area (Å²) >= 11 is 3.17. The minimum Gasteiger partial charge on any atom is -0.336 e. The molecule has 22 heavy (non-hydrogen) atoms. The first kappa shape index (κ1) is 14.8. The van der Waals surface area contributed by atoms with Crippen molar-refractivity contribution in [3.05, 3.63) is 46.8 Å². The Bertz CT molecular complexity index is 732. The third kappa shape index (κ3) is 3.55. The summed E-state index contributed by atoms with van der Waals surface area (Å²) in [4.78, 5) is 12.9. The van der Waals surface area contributed by atoms with Gasteiger partial charge in [0.25, 0.3) is 0 Å². The smallest absolute Gasteiger partial charge is 0.319 e. The predicted molar refractivity (Wildman–Crippen MR) is 91.6 cm³/mol. The van der Waals surface area contributed by atoms with E-state index in [1.807, 2.05) is 40.6 Å². The number of hydrogen-bond acceptors (Lipinski definition) is 4. The molecule has 0 aliphatic rings. The molecule has 0 saturated carbocycles. The van der Waals surface area contributed by atoms with E-state index in [9.17, 15) is 4.79 Å². The van der Waals surface area contributed by atoms with E-state index in [0.29, 0.717) is 13.1 Å².